The molecule has 0 spiro atoms. The topological polar surface area (TPSA) is 41.6 Å². The molecule has 2 atom stereocenters. The summed E-state index contributed by atoms with van der Waals surface area (Å²) in [6.07, 6.45) is 7.74. The average Bonchev–Trinajstić information content (AvgIpc) is 2.82. The van der Waals surface area contributed by atoms with Crippen LogP contribution >= 0.6 is 0 Å². The average molecular weight is 241 g/mol. The van der Waals surface area contributed by atoms with E-state index in [0.717, 1.165) is 27.6 Å². The molecule has 0 bridgehead atoms. The van der Waals surface area contributed by atoms with E-state index in [1.807, 2.05) is 19.1 Å². The predicted molar refractivity (Wildman–Crippen MR) is 66.7 cm³/mol. The number of halogens is 1. The van der Waals surface area contributed by atoms with E-state index < -0.39 is 5.67 Å². The second kappa shape index (κ2) is 3.07. The Morgan fingerprint density at radius 3 is 3.22 bits per heavy atom. The van der Waals surface area contributed by atoms with Gasteiger partial charge in [0.15, 0.2) is 0 Å². The molecule has 0 saturated heterocycles. The summed E-state index contributed by atoms with van der Waals surface area (Å²) in [5.41, 5.74) is 0.951. The summed E-state index contributed by atoms with van der Waals surface area (Å²) in [5, 5.41) is 1.66. The van der Waals surface area contributed by atoms with Gasteiger partial charge < -0.3 is 4.98 Å². The molecule has 0 aliphatic heterocycles. The normalized spacial score (nSPS) is 27.8. The zero-order valence-corrected chi connectivity index (χ0v) is 9.94. The van der Waals surface area contributed by atoms with Crippen molar-refractivity contribution < 1.29 is 4.39 Å². The molecule has 1 fully saturated rings. The van der Waals surface area contributed by atoms with Crippen molar-refractivity contribution in [1.29, 1.82) is 0 Å². The van der Waals surface area contributed by atoms with E-state index in [-0.39, 0.29) is 5.92 Å². The van der Waals surface area contributed by atoms with Crippen molar-refractivity contribution in [2.75, 3.05) is 0 Å². The van der Waals surface area contributed by atoms with Gasteiger partial charge in [0.25, 0.3) is 0 Å². The molecule has 90 valence electrons. The van der Waals surface area contributed by atoms with Gasteiger partial charge in [-0.25, -0.2) is 9.37 Å². The van der Waals surface area contributed by atoms with Gasteiger partial charge in [-0.3, -0.25) is 4.98 Å². The van der Waals surface area contributed by atoms with Crippen molar-refractivity contribution in [3.05, 3.63) is 34.7 Å². The Kier molecular flexibility index (Phi) is 1.71. The van der Waals surface area contributed by atoms with Crippen molar-refractivity contribution in [2.24, 2.45) is 5.92 Å². The summed E-state index contributed by atoms with van der Waals surface area (Å²) < 4.78 is 14.0. The fourth-order valence-electron chi connectivity index (χ4n) is 2.55. The molecule has 0 aromatic carbocycles. The number of hydrogen-bond donors (Lipinski definition) is 1. The van der Waals surface area contributed by atoms with Crippen LogP contribution in [0.5, 0.6) is 0 Å². The summed E-state index contributed by atoms with van der Waals surface area (Å²) in [7, 11) is 0. The van der Waals surface area contributed by atoms with E-state index in [1.54, 1.807) is 18.5 Å². The Bertz CT molecular complexity index is 762. The fraction of sp³-hybridized carbons (Fsp3) is 0.286. The summed E-state index contributed by atoms with van der Waals surface area (Å²) in [6.45, 7) is 2.01. The number of aromatic amines is 1. The van der Waals surface area contributed by atoms with Gasteiger partial charge >= 0.3 is 0 Å². The Labute approximate surface area is 103 Å². The third-order valence-electron chi connectivity index (χ3n) is 3.79. The van der Waals surface area contributed by atoms with Crippen LogP contribution < -0.4 is 10.7 Å². The number of rotatable bonds is 1. The first-order chi connectivity index (χ1) is 8.66. The second-order valence-electron chi connectivity index (χ2n) is 5.12. The molecule has 2 aliphatic rings. The highest BCUT2D eigenvalue weighted by molar-refractivity contribution is 5.61. The number of nitrogens with one attached hydrogen (secondary N) is 1. The lowest BCUT2D eigenvalue weighted by atomic mass is 10.1. The van der Waals surface area contributed by atoms with Crippen LogP contribution in [0.4, 0.5) is 4.39 Å². The maximum absolute atomic E-state index is 14.0. The zero-order chi connectivity index (χ0) is 12.3. The van der Waals surface area contributed by atoms with Crippen molar-refractivity contribution in [3.63, 3.8) is 0 Å². The van der Waals surface area contributed by atoms with E-state index >= 15 is 0 Å². The number of fused-ring (bicyclic) bond motifs is 2. The molecular formula is C14H12FN3. The van der Waals surface area contributed by atoms with E-state index in [9.17, 15) is 4.39 Å². The smallest absolute Gasteiger partial charge is 0.140 e. The van der Waals surface area contributed by atoms with Gasteiger partial charge in [0.05, 0.1) is 10.7 Å². The van der Waals surface area contributed by atoms with Crippen LogP contribution in [-0.4, -0.2) is 20.6 Å². The summed E-state index contributed by atoms with van der Waals surface area (Å²) >= 11 is 0. The van der Waals surface area contributed by atoms with Crippen LogP contribution in [0.2, 0.25) is 0 Å². The van der Waals surface area contributed by atoms with Crippen LogP contribution in [0, 0.1) is 12.8 Å². The van der Waals surface area contributed by atoms with Crippen LogP contribution in [0.3, 0.4) is 0 Å². The Morgan fingerprint density at radius 1 is 1.50 bits per heavy atom. The highest BCUT2D eigenvalue weighted by Gasteiger charge is 2.53. The number of aromatic nitrogens is 3. The Morgan fingerprint density at radius 2 is 2.39 bits per heavy atom. The first-order valence-corrected chi connectivity index (χ1v) is 6.06. The van der Waals surface area contributed by atoms with Gasteiger partial charge in [0.2, 0.25) is 0 Å². The molecule has 0 amide bonds. The molecule has 18 heavy (non-hydrogen) atoms. The van der Waals surface area contributed by atoms with E-state index in [0.29, 0.717) is 6.42 Å². The van der Waals surface area contributed by atoms with Gasteiger partial charge in [0, 0.05) is 23.9 Å². The number of alkyl halides is 1. The molecule has 1 saturated carbocycles. The first kappa shape index (κ1) is 10.00. The second-order valence-corrected chi connectivity index (χ2v) is 5.12. The number of hydrogen-bond acceptors (Lipinski definition) is 2. The zero-order valence-electron chi connectivity index (χ0n) is 9.94. The minimum atomic E-state index is -1.12. The molecule has 1 N–H and O–H groups in total. The molecule has 2 aromatic heterocycles. The molecule has 0 radical (unpaired) electrons. The standard InChI is InChI=1S/C14H12FN3/c1-8-2-3-16-7-10(8)13-17-11-4-9-5-14(9,15)6-12(11)18-13/h2-4,6-7,9H,5H2,1H3,(H,17,18). The SMILES string of the molecule is Cc1ccncc1-c1nc2c([nH]1)=CC1(F)CC1C=2. The van der Waals surface area contributed by atoms with Crippen molar-refractivity contribution >= 4 is 12.2 Å². The third kappa shape index (κ3) is 1.29. The van der Waals surface area contributed by atoms with Crippen LogP contribution in [0.15, 0.2) is 18.5 Å². The van der Waals surface area contributed by atoms with Crippen LogP contribution in [-0.2, 0) is 0 Å². The number of nitrogens with zero attached hydrogens (tertiary/aromatic N) is 2. The van der Waals surface area contributed by atoms with E-state index in [4.69, 9.17) is 0 Å². The lowest BCUT2D eigenvalue weighted by molar-refractivity contribution is 0.386. The number of aryl methyl sites for hydroxylation is 1. The maximum atomic E-state index is 14.0. The minimum absolute atomic E-state index is 0.0242. The van der Waals surface area contributed by atoms with Gasteiger partial charge in [-0.05, 0) is 37.1 Å². The highest BCUT2D eigenvalue weighted by atomic mass is 19.1. The molecule has 3 nitrogen and oxygen atoms in total. The van der Waals surface area contributed by atoms with Crippen molar-refractivity contribution in [1.82, 2.24) is 15.0 Å². The lowest BCUT2D eigenvalue weighted by Gasteiger charge is -1.99. The van der Waals surface area contributed by atoms with Crippen molar-refractivity contribution in [3.8, 4) is 11.4 Å². The molecular weight excluding hydrogens is 229 g/mol. The monoisotopic (exact) mass is 241 g/mol. The van der Waals surface area contributed by atoms with Gasteiger partial charge in [-0.2, -0.15) is 0 Å². The first-order valence-electron chi connectivity index (χ1n) is 6.06. The minimum Gasteiger partial charge on any atom is -0.338 e. The number of H-pyrrole nitrogens is 1. The van der Waals surface area contributed by atoms with E-state index in [2.05, 4.69) is 15.0 Å². The Hall–Kier alpha value is -1.97. The summed E-state index contributed by atoms with van der Waals surface area (Å²) in [6, 6.07) is 1.94. The predicted octanol–water partition coefficient (Wildman–Crippen LogP) is 1.08. The van der Waals surface area contributed by atoms with Crippen LogP contribution in [0.1, 0.15) is 12.0 Å². The maximum Gasteiger partial charge on any atom is 0.140 e. The number of imidazole rings is 1. The van der Waals surface area contributed by atoms with Gasteiger partial charge in [0.1, 0.15) is 11.5 Å². The molecule has 2 aliphatic carbocycles. The molecule has 2 aromatic rings. The van der Waals surface area contributed by atoms with Gasteiger partial charge in [-0.15, -0.1) is 0 Å². The fourth-order valence-corrected chi connectivity index (χ4v) is 2.55. The molecule has 4 rings (SSSR count). The molecule has 2 heterocycles. The third-order valence-corrected chi connectivity index (χ3v) is 3.79. The largest absolute Gasteiger partial charge is 0.338 e. The quantitative estimate of drug-likeness (QED) is 0.811. The van der Waals surface area contributed by atoms with Crippen LogP contribution in [0.25, 0.3) is 23.5 Å². The summed E-state index contributed by atoms with van der Waals surface area (Å²) in [4.78, 5) is 11.8. The summed E-state index contributed by atoms with van der Waals surface area (Å²) in [5.74, 6) is 0.791. The molecule has 2 unspecified atom stereocenters. The molecule has 4 heteroatoms. The highest BCUT2D eigenvalue weighted by Crippen LogP contribution is 2.50. The number of pyridine rings is 1. The van der Waals surface area contributed by atoms with E-state index in [1.165, 1.54) is 0 Å². The van der Waals surface area contributed by atoms with Gasteiger partial charge in [-0.1, -0.05) is 0 Å². The van der Waals surface area contributed by atoms with Crippen molar-refractivity contribution in [2.45, 2.75) is 19.0 Å². The lowest BCUT2D eigenvalue weighted by Crippen LogP contribution is -2.30. The Balaban J connectivity index is 1.93.